The lowest BCUT2D eigenvalue weighted by molar-refractivity contribution is 0.627. The molecule has 1 nitrogen and oxygen atoms in total. The molecule has 0 unspecified atom stereocenters. The van der Waals surface area contributed by atoms with Crippen molar-refractivity contribution in [3.63, 3.8) is 0 Å². The maximum absolute atomic E-state index is 12.9. The molecule has 2 aromatic rings. The zero-order chi connectivity index (χ0) is 13.1. The first-order valence-corrected chi connectivity index (χ1v) is 6.32. The van der Waals surface area contributed by atoms with E-state index >= 15 is 0 Å². The molecule has 0 atom stereocenters. The van der Waals surface area contributed by atoms with Crippen molar-refractivity contribution in [1.82, 2.24) is 0 Å². The summed E-state index contributed by atoms with van der Waals surface area (Å²) in [6, 6.07) is 9.41. The third-order valence-corrected chi connectivity index (χ3v) is 3.33. The van der Waals surface area contributed by atoms with Gasteiger partial charge in [0.1, 0.15) is 5.82 Å². The average molecular weight is 305 g/mol. The Bertz CT molecular complexity index is 572. The van der Waals surface area contributed by atoms with Crippen LogP contribution in [0.25, 0.3) is 0 Å². The van der Waals surface area contributed by atoms with E-state index in [1.165, 1.54) is 12.1 Å². The molecular formula is C13H9Cl3FN. The summed E-state index contributed by atoms with van der Waals surface area (Å²) in [5.41, 5.74) is 1.50. The second-order valence-corrected chi connectivity index (χ2v) is 4.96. The summed E-state index contributed by atoms with van der Waals surface area (Å²) in [7, 11) is 0. The normalized spacial score (nSPS) is 10.4. The number of rotatable bonds is 3. The van der Waals surface area contributed by atoms with Gasteiger partial charge in [-0.1, -0.05) is 40.9 Å². The van der Waals surface area contributed by atoms with Gasteiger partial charge < -0.3 is 5.32 Å². The average Bonchev–Trinajstić information content (AvgIpc) is 2.32. The van der Waals surface area contributed by atoms with Crippen LogP contribution in [0.3, 0.4) is 0 Å². The Morgan fingerprint density at radius 1 is 0.944 bits per heavy atom. The quantitative estimate of drug-likeness (QED) is 0.800. The minimum Gasteiger partial charge on any atom is -0.380 e. The van der Waals surface area contributed by atoms with Gasteiger partial charge in [0.25, 0.3) is 0 Å². The number of anilines is 1. The van der Waals surface area contributed by atoms with Crippen molar-refractivity contribution in [1.29, 1.82) is 0 Å². The lowest BCUT2D eigenvalue weighted by Gasteiger charge is -2.10. The van der Waals surface area contributed by atoms with Crippen LogP contribution in [0.1, 0.15) is 5.56 Å². The molecule has 94 valence electrons. The standard InChI is InChI=1S/C13H9Cl3FN/c14-9-2-4-11(15)13(5-9)18-7-8-1-3-10(17)6-12(8)16/h1-6,18H,7H2. The SMILES string of the molecule is Fc1ccc(CNc2cc(Cl)ccc2Cl)c(Cl)c1. The van der Waals surface area contributed by atoms with Crippen LogP contribution in [-0.2, 0) is 6.54 Å². The third kappa shape index (κ3) is 3.29. The molecule has 18 heavy (non-hydrogen) atoms. The van der Waals surface area contributed by atoms with E-state index in [-0.39, 0.29) is 5.82 Å². The number of hydrogen-bond acceptors (Lipinski definition) is 1. The van der Waals surface area contributed by atoms with Gasteiger partial charge in [0.15, 0.2) is 0 Å². The van der Waals surface area contributed by atoms with Gasteiger partial charge in [-0.2, -0.15) is 0 Å². The Balaban J connectivity index is 2.13. The molecule has 0 bridgehead atoms. The van der Waals surface area contributed by atoms with Gasteiger partial charge in [-0.05, 0) is 35.9 Å². The molecule has 5 heteroatoms. The van der Waals surface area contributed by atoms with Crippen LogP contribution in [0, 0.1) is 5.82 Å². The maximum Gasteiger partial charge on any atom is 0.124 e. The number of hydrogen-bond donors (Lipinski definition) is 1. The highest BCUT2D eigenvalue weighted by molar-refractivity contribution is 6.35. The number of benzene rings is 2. The second kappa shape index (κ2) is 5.79. The molecule has 0 aliphatic carbocycles. The Labute approximate surface area is 119 Å². The van der Waals surface area contributed by atoms with Gasteiger partial charge >= 0.3 is 0 Å². The molecule has 0 saturated heterocycles. The van der Waals surface area contributed by atoms with Gasteiger partial charge in [0.2, 0.25) is 0 Å². The Hall–Kier alpha value is -0.960. The second-order valence-electron chi connectivity index (χ2n) is 3.71. The summed E-state index contributed by atoms with van der Waals surface area (Å²) in [5.74, 6) is -0.357. The van der Waals surface area contributed by atoms with Crippen LogP contribution < -0.4 is 5.32 Å². The largest absolute Gasteiger partial charge is 0.380 e. The van der Waals surface area contributed by atoms with Crippen LogP contribution in [0.15, 0.2) is 36.4 Å². The Kier molecular flexibility index (Phi) is 4.33. The van der Waals surface area contributed by atoms with Gasteiger partial charge in [0, 0.05) is 16.6 Å². The van der Waals surface area contributed by atoms with Gasteiger partial charge in [-0.3, -0.25) is 0 Å². The maximum atomic E-state index is 12.9. The predicted octanol–water partition coefficient (Wildman–Crippen LogP) is 5.40. The summed E-state index contributed by atoms with van der Waals surface area (Å²) in [4.78, 5) is 0. The Morgan fingerprint density at radius 3 is 2.44 bits per heavy atom. The van der Waals surface area contributed by atoms with Gasteiger partial charge in [-0.25, -0.2) is 4.39 Å². The van der Waals surface area contributed by atoms with Crippen molar-refractivity contribution in [3.8, 4) is 0 Å². The van der Waals surface area contributed by atoms with Crippen molar-refractivity contribution >= 4 is 40.5 Å². The predicted molar refractivity (Wildman–Crippen MR) is 75.2 cm³/mol. The van der Waals surface area contributed by atoms with E-state index in [9.17, 15) is 4.39 Å². The number of nitrogens with one attached hydrogen (secondary N) is 1. The van der Waals surface area contributed by atoms with E-state index in [0.717, 1.165) is 5.56 Å². The van der Waals surface area contributed by atoms with Gasteiger partial charge in [-0.15, -0.1) is 0 Å². The van der Waals surface area contributed by atoms with Gasteiger partial charge in [0.05, 0.1) is 10.7 Å². The van der Waals surface area contributed by atoms with E-state index in [1.54, 1.807) is 24.3 Å². The molecule has 0 aliphatic heterocycles. The fourth-order valence-corrected chi connectivity index (χ4v) is 2.08. The molecule has 1 N–H and O–H groups in total. The van der Waals surface area contributed by atoms with Crippen LogP contribution in [0.5, 0.6) is 0 Å². The zero-order valence-electron chi connectivity index (χ0n) is 9.18. The lowest BCUT2D eigenvalue weighted by Crippen LogP contribution is -2.00. The summed E-state index contributed by atoms with van der Waals surface area (Å²) in [6.45, 7) is 0.444. The first-order chi connectivity index (χ1) is 8.56. The summed E-state index contributed by atoms with van der Waals surface area (Å²) in [6.07, 6.45) is 0. The lowest BCUT2D eigenvalue weighted by atomic mass is 10.2. The summed E-state index contributed by atoms with van der Waals surface area (Å²) >= 11 is 17.8. The zero-order valence-corrected chi connectivity index (χ0v) is 11.5. The molecule has 0 amide bonds. The van der Waals surface area contributed by atoms with E-state index in [0.29, 0.717) is 27.3 Å². The number of halogens is 4. The van der Waals surface area contributed by atoms with Crippen molar-refractivity contribution < 1.29 is 4.39 Å². The first kappa shape index (κ1) is 13.5. The van der Waals surface area contributed by atoms with E-state index in [1.807, 2.05) is 0 Å². The highest BCUT2D eigenvalue weighted by Crippen LogP contribution is 2.26. The molecular weight excluding hydrogens is 296 g/mol. The fourth-order valence-electron chi connectivity index (χ4n) is 1.49. The smallest absolute Gasteiger partial charge is 0.124 e. The molecule has 0 aliphatic rings. The molecule has 2 rings (SSSR count). The van der Waals surface area contributed by atoms with Crippen LogP contribution in [-0.4, -0.2) is 0 Å². The molecule has 0 saturated carbocycles. The minimum absolute atomic E-state index is 0.357. The highest BCUT2D eigenvalue weighted by atomic mass is 35.5. The highest BCUT2D eigenvalue weighted by Gasteiger charge is 2.04. The monoisotopic (exact) mass is 303 g/mol. The summed E-state index contributed by atoms with van der Waals surface area (Å²) < 4.78 is 12.9. The Morgan fingerprint density at radius 2 is 1.72 bits per heavy atom. The molecule has 0 spiro atoms. The molecule has 0 aromatic heterocycles. The van der Waals surface area contributed by atoms with Crippen molar-refractivity contribution in [2.75, 3.05) is 5.32 Å². The van der Waals surface area contributed by atoms with Crippen molar-refractivity contribution in [2.24, 2.45) is 0 Å². The van der Waals surface area contributed by atoms with Crippen molar-refractivity contribution in [3.05, 3.63) is 62.8 Å². The topological polar surface area (TPSA) is 12.0 Å². The van der Waals surface area contributed by atoms with E-state index < -0.39 is 0 Å². The summed E-state index contributed by atoms with van der Waals surface area (Å²) in [5, 5.41) is 4.64. The molecule has 0 fully saturated rings. The molecule has 2 aromatic carbocycles. The first-order valence-electron chi connectivity index (χ1n) is 5.19. The molecule has 0 radical (unpaired) electrons. The fraction of sp³-hybridized carbons (Fsp3) is 0.0769. The van der Waals surface area contributed by atoms with Crippen LogP contribution in [0.2, 0.25) is 15.1 Å². The minimum atomic E-state index is -0.357. The third-order valence-electron chi connectivity index (χ3n) is 2.41. The van der Waals surface area contributed by atoms with E-state index in [4.69, 9.17) is 34.8 Å². The van der Waals surface area contributed by atoms with Crippen LogP contribution in [0.4, 0.5) is 10.1 Å². The van der Waals surface area contributed by atoms with Crippen LogP contribution >= 0.6 is 34.8 Å². The molecule has 0 heterocycles. The van der Waals surface area contributed by atoms with Crippen molar-refractivity contribution in [2.45, 2.75) is 6.54 Å². The van der Waals surface area contributed by atoms with E-state index in [2.05, 4.69) is 5.32 Å².